The van der Waals surface area contributed by atoms with Crippen LogP contribution in [0.25, 0.3) is 0 Å². The molecule has 0 spiro atoms. The van der Waals surface area contributed by atoms with Crippen LogP contribution in [0.1, 0.15) is 30.5 Å². The van der Waals surface area contributed by atoms with Crippen molar-refractivity contribution < 1.29 is 9.72 Å². The van der Waals surface area contributed by atoms with Gasteiger partial charge in [-0.1, -0.05) is 11.6 Å². The lowest BCUT2D eigenvalue weighted by Crippen LogP contribution is -2.34. The van der Waals surface area contributed by atoms with E-state index in [1.54, 1.807) is 12.1 Å². The molecule has 1 aromatic heterocycles. The van der Waals surface area contributed by atoms with Crippen molar-refractivity contribution in [3.05, 3.63) is 45.0 Å². The van der Waals surface area contributed by atoms with E-state index in [0.29, 0.717) is 10.7 Å². The molecule has 0 saturated heterocycles. The van der Waals surface area contributed by atoms with Crippen molar-refractivity contribution in [1.82, 2.24) is 20.1 Å². The number of fused-ring (bicyclic) bond motifs is 1. The Morgan fingerprint density at radius 3 is 3.12 bits per heavy atom. The third-order valence-corrected chi connectivity index (χ3v) is 5.09. The van der Waals surface area contributed by atoms with Crippen LogP contribution in [-0.4, -0.2) is 31.3 Å². The highest BCUT2D eigenvalue weighted by Crippen LogP contribution is 2.31. The molecule has 1 N–H and O–H groups in total. The second-order valence-electron chi connectivity index (χ2n) is 5.66. The summed E-state index contributed by atoms with van der Waals surface area (Å²) >= 11 is 6.91. The van der Waals surface area contributed by atoms with E-state index in [1.165, 1.54) is 6.07 Å². The van der Waals surface area contributed by atoms with E-state index in [9.17, 15) is 14.9 Å². The minimum Gasteiger partial charge on any atom is -0.345 e. The Hall–Kier alpha value is -2.13. The number of nitro benzene ring substituents is 1. The Bertz CT molecular complexity index is 825. The first-order valence-electron chi connectivity index (χ1n) is 7.71. The number of nitrogens with zero attached hydrogens (tertiary/aromatic N) is 4. The molecule has 2 aromatic rings. The molecule has 1 aliphatic heterocycles. The van der Waals surface area contributed by atoms with Crippen molar-refractivity contribution >= 4 is 35.0 Å². The molecule has 0 radical (unpaired) electrons. The molecule has 10 heteroatoms. The second kappa shape index (κ2) is 7.40. The van der Waals surface area contributed by atoms with Gasteiger partial charge in [-0.2, -0.15) is 5.10 Å². The van der Waals surface area contributed by atoms with Crippen LogP contribution in [0.15, 0.2) is 23.1 Å². The minimum atomic E-state index is -0.501. The van der Waals surface area contributed by atoms with E-state index < -0.39 is 4.92 Å². The van der Waals surface area contributed by atoms with Gasteiger partial charge in [0.1, 0.15) is 11.6 Å². The van der Waals surface area contributed by atoms with E-state index >= 15 is 0 Å². The molecular weight excluding hydrogens is 366 g/mol. The third kappa shape index (κ3) is 4.10. The summed E-state index contributed by atoms with van der Waals surface area (Å²) in [5.74, 6) is 1.32. The number of nitro groups is 1. The monoisotopic (exact) mass is 381 g/mol. The maximum atomic E-state index is 12.3. The molecule has 0 fully saturated rings. The molecule has 8 nitrogen and oxygen atoms in total. The number of benzene rings is 1. The topological polar surface area (TPSA) is 103 Å². The standard InChI is InChI=1S/C15H16ClN5O3S/c1-9-17-15-11(3-2-6-20(15)19-9)18-14(22)8-25-13-5-4-10(16)7-12(13)21(23)24/h4-5,7,11H,2-3,6,8H2,1H3,(H,18,22)/t11-/m1/s1. The van der Waals surface area contributed by atoms with Crippen LogP contribution in [0.3, 0.4) is 0 Å². The molecule has 0 saturated carbocycles. The number of rotatable bonds is 5. The van der Waals surface area contributed by atoms with E-state index in [-0.39, 0.29) is 28.4 Å². The summed E-state index contributed by atoms with van der Waals surface area (Å²) in [5.41, 5.74) is -0.0988. The quantitative estimate of drug-likeness (QED) is 0.485. The zero-order valence-corrected chi connectivity index (χ0v) is 15.0. The van der Waals surface area contributed by atoms with Crippen molar-refractivity contribution in [2.45, 2.75) is 37.2 Å². The molecule has 0 unspecified atom stereocenters. The molecule has 2 heterocycles. The first kappa shape index (κ1) is 17.7. The number of halogens is 1. The lowest BCUT2D eigenvalue weighted by molar-refractivity contribution is -0.387. The Kier molecular flexibility index (Phi) is 5.24. The fourth-order valence-electron chi connectivity index (χ4n) is 2.74. The van der Waals surface area contributed by atoms with E-state index in [0.717, 1.165) is 37.0 Å². The van der Waals surface area contributed by atoms with Gasteiger partial charge < -0.3 is 5.32 Å². The van der Waals surface area contributed by atoms with E-state index in [1.807, 2.05) is 11.6 Å². The van der Waals surface area contributed by atoms with E-state index in [2.05, 4.69) is 15.4 Å². The summed E-state index contributed by atoms with van der Waals surface area (Å²) in [6, 6.07) is 4.23. The highest BCUT2D eigenvalue weighted by Gasteiger charge is 2.25. The van der Waals surface area contributed by atoms with Crippen molar-refractivity contribution in [3.8, 4) is 0 Å². The van der Waals surface area contributed by atoms with Crippen molar-refractivity contribution in [1.29, 1.82) is 0 Å². The van der Waals surface area contributed by atoms with Gasteiger partial charge in [0, 0.05) is 17.6 Å². The second-order valence-corrected chi connectivity index (χ2v) is 7.11. The molecule has 1 aliphatic rings. The Morgan fingerprint density at radius 1 is 1.56 bits per heavy atom. The number of carbonyl (C=O) groups excluding carboxylic acids is 1. The predicted octanol–water partition coefficient (Wildman–Crippen LogP) is 2.89. The normalized spacial score (nSPS) is 16.3. The van der Waals surface area contributed by atoms with Gasteiger partial charge in [0.25, 0.3) is 5.69 Å². The first-order valence-corrected chi connectivity index (χ1v) is 9.08. The van der Waals surface area contributed by atoms with Crippen molar-refractivity contribution in [2.24, 2.45) is 0 Å². The molecule has 0 bridgehead atoms. The van der Waals surface area contributed by atoms with Crippen molar-refractivity contribution in [2.75, 3.05) is 5.75 Å². The third-order valence-electron chi connectivity index (χ3n) is 3.79. The summed E-state index contributed by atoms with van der Waals surface area (Å²) in [6.07, 6.45) is 1.71. The lowest BCUT2D eigenvalue weighted by Gasteiger charge is -2.23. The van der Waals surface area contributed by atoms with Crippen molar-refractivity contribution in [3.63, 3.8) is 0 Å². The number of carbonyl (C=O) groups is 1. The van der Waals surface area contributed by atoms with Crippen LogP contribution in [-0.2, 0) is 11.3 Å². The fraction of sp³-hybridized carbons (Fsp3) is 0.400. The SMILES string of the molecule is Cc1nc2n(n1)CCC[C@H]2NC(=O)CSc1ccc(Cl)cc1[N+](=O)[O-]. The zero-order valence-electron chi connectivity index (χ0n) is 13.4. The predicted molar refractivity (Wildman–Crippen MR) is 93.7 cm³/mol. The Labute approximate surface area is 153 Å². The molecule has 25 heavy (non-hydrogen) atoms. The smallest absolute Gasteiger partial charge is 0.284 e. The van der Waals surface area contributed by atoms with Crippen LogP contribution in [0.5, 0.6) is 0 Å². The zero-order chi connectivity index (χ0) is 18.0. The number of aryl methyl sites for hydroxylation is 2. The van der Waals surface area contributed by atoms with Crippen LogP contribution in [0, 0.1) is 17.0 Å². The van der Waals surface area contributed by atoms with Gasteiger partial charge in [-0.25, -0.2) is 9.67 Å². The van der Waals surface area contributed by atoms with E-state index in [4.69, 9.17) is 11.6 Å². The lowest BCUT2D eigenvalue weighted by atomic mass is 10.1. The van der Waals surface area contributed by atoms with Crippen LogP contribution in [0.2, 0.25) is 5.02 Å². The first-order chi connectivity index (χ1) is 11.9. The number of hydrogen-bond acceptors (Lipinski definition) is 6. The van der Waals surface area contributed by atoms with Gasteiger partial charge in [0.2, 0.25) is 5.91 Å². The fourth-order valence-corrected chi connectivity index (χ4v) is 3.72. The molecule has 1 aromatic carbocycles. The maximum absolute atomic E-state index is 12.3. The molecule has 132 valence electrons. The molecule has 1 amide bonds. The molecule has 1 atom stereocenters. The van der Waals surface area contributed by atoms with Crippen LogP contribution >= 0.6 is 23.4 Å². The largest absolute Gasteiger partial charge is 0.345 e. The highest BCUT2D eigenvalue weighted by molar-refractivity contribution is 8.00. The van der Waals surface area contributed by atoms with Crippen LogP contribution in [0.4, 0.5) is 5.69 Å². The summed E-state index contributed by atoms with van der Waals surface area (Å²) in [7, 11) is 0. The average molecular weight is 382 g/mol. The number of aromatic nitrogens is 3. The summed E-state index contributed by atoms with van der Waals surface area (Å²) < 4.78 is 1.82. The Balaban J connectivity index is 1.64. The summed E-state index contributed by atoms with van der Waals surface area (Å²) in [4.78, 5) is 27.6. The average Bonchev–Trinajstić information content (AvgIpc) is 2.95. The number of nitrogens with one attached hydrogen (secondary N) is 1. The van der Waals surface area contributed by atoms with Gasteiger partial charge >= 0.3 is 0 Å². The number of hydrogen-bond donors (Lipinski definition) is 1. The molecule has 3 rings (SSSR count). The van der Waals surface area contributed by atoms with Gasteiger partial charge in [0.05, 0.1) is 21.6 Å². The van der Waals surface area contributed by atoms with Gasteiger partial charge in [0.15, 0.2) is 0 Å². The van der Waals surface area contributed by atoms with Crippen LogP contribution < -0.4 is 5.32 Å². The maximum Gasteiger partial charge on any atom is 0.284 e. The summed E-state index contributed by atoms with van der Waals surface area (Å²) in [5, 5.41) is 18.6. The highest BCUT2D eigenvalue weighted by atomic mass is 35.5. The molecular formula is C15H16ClN5O3S. The Morgan fingerprint density at radius 2 is 2.36 bits per heavy atom. The van der Waals surface area contributed by atoms with Gasteiger partial charge in [-0.3, -0.25) is 14.9 Å². The molecule has 0 aliphatic carbocycles. The number of amides is 1. The van der Waals surface area contributed by atoms with Gasteiger partial charge in [-0.05, 0) is 31.9 Å². The summed E-state index contributed by atoms with van der Waals surface area (Å²) in [6.45, 7) is 2.62. The number of thioether (sulfide) groups is 1. The van der Waals surface area contributed by atoms with Gasteiger partial charge in [-0.15, -0.1) is 11.8 Å². The minimum absolute atomic E-state index is 0.0755.